The van der Waals surface area contributed by atoms with Gasteiger partial charge in [-0.15, -0.1) is 0 Å². The first-order valence-corrected chi connectivity index (χ1v) is 10.8. The lowest BCUT2D eigenvalue weighted by Crippen LogP contribution is -2.26. The summed E-state index contributed by atoms with van der Waals surface area (Å²) in [7, 11) is 1.59. The lowest BCUT2D eigenvalue weighted by atomic mass is 9.97. The Labute approximate surface area is 192 Å². The van der Waals surface area contributed by atoms with Gasteiger partial charge in [0.05, 0.1) is 19.6 Å². The lowest BCUT2D eigenvalue weighted by molar-refractivity contribution is -0.115. The Morgan fingerprint density at radius 3 is 2.52 bits per heavy atom. The number of nitrogen functional groups attached to an aromatic ring is 1. The molecule has 0 radical (unpaired) electrons. The molecule has 3 aromatic carbocycles. The summed E-state index contributed by atoms with van der Waals surface area (Å²) in [5.41, 5.74) is 10.6. The van der Waals surface area contributed by atoms with E-state index in [4.69, 9.17) is 10.5 Å². The molecule has 4 rings (SSSR count). The molecule has 1 heterocycles. The zero-order valence-corrected chi connectivity index (χ0v) is 18.8. The van der Waals surface area contributed by atoms with Crippen LogP contribution in [0.3, 0.4) is 0 Å². The van der Waals surface area contributed by atoms with E-state index in [2.05, 4.69) is 5.32 Å². The maximum absolute atomic E-state index is 13.3. The Balaban J connectivity index is 1.79. The predicted molar refractivity (Wildman–Crippen MR) is 133 cm³/mol. The molecule has 4 aromatic rings. The number of anilines is 2. The zero-order valence-electron chi connectivity index (χ0n) is 18.8. The Morgan fingerprint density at radius 2 is 1.79 bits per heavy atom. The van der Waals surface area contributed by atoms with Crippen LogP contribution in [0.5, 0.6) is 0 Å². The van der Waals surface area contributed by atoms with E-state index in [1.165, 1.54) is 0 Å². The molecule has 0 fully saturated rings. The van der Waals surface area contributed by atoms with Crippen molar-refractivity contribution in [2.24, 2.45) is 0 Å². The molecular formula is C27H27N3O3. The normalized spacial score (nSPS) is 11.0. The van der Waals surface area contributed by atoms with Gasteiger partial charge in [0.1, 0.15) is 5.82 Å². The molecule has 0 saturated carbocycles. The number of methoxy groups -OCH3 is 1. The Kier molecular flexibility index (Phi) is 6.56. The summed E-state index contributed by atoms with van der Waals surface area (Å²) >= 11 is 0. The number of aromatic nitrogens is 1. The first kappa shape index (κ1) is 22.3. The number of rotatable bonds is 7. The van der Waals surface area contributed by atoms with E-state index in [0.29, 0.717) is 30.0 Å². The number of fused-ring (bicyclic) bond motifs is 1. The smallest absolute Gasteiger partial charge is 0.260 e. The van der Waals surface area contributed by atoms with Crippen LogP contribution in [0.1, 0.15) is 11.1 Å². The molecule has 0 aliphatic rings. The van der Waals surface area contributed by atoms with Gasteiger partial charge in [0, 0.05) is 23.7 Å². The predicted octanol–water partition coefficient (Wildman–Crippen LogP) is 4.39. The highest BCUT2D eigenvalue weighted by atomic mass is 16.5. The van der Waals surface area contributed by atoms with Gasteiger partial charge in [0.2, 0.25) is 5.91 Å². The van der Waals surface area contributed by atoms with Crippen molar-refractivity contribution >= 4 is 28.2 Å². The minimum atomic E-state index is -0.213. The molecule has 0 unspecified atom stereocenters. The van der Waals surface area contributed by atoms with Gasteiger partial charge in [-0.3, -0.25) is 14.2 Å². The van der Waals surface area contributed by atoms with Crippen molar-refractivity contribution in [2.45, 2.75) is 19.9 Å². The Morgan fingerprint density at radius 1 is 1.00 bits per heavy atom. The van der Waals surface area contributed by atoms with Crippen LogP contribution in [-0.2, 0) is 22.5 Å². The molecule has 168 valence electrons. The molecule has 0 saturated heterocycles. The third kappa shape index (κ3) is 4.81. The van der Waals surface area contributed by atoms with Crippen molar-refractivity contribution in [3.8, 4) is 11.1 Å². The van der Waals surface area contributed by atoms with E-state index in [1.807, 2.05) is 73.7 Å². The van der Waals surface area contributed by atoms with Gasteiger partial charge in [-0.2, -0.15) is 0 Å². The highest BCUT2D eigenvalue weighted by Crippen LogP contribution is 2.34. The second-order valence-electron chi connectivity index (χ2n) is 8.05. The summed E-state index contributed by atoms with van der Waals surface area (Å²) in [6, 6.07) is 22.9. The Hall–Kier alpha value is -3.90. The van der Waals surface area contributed by atoms with E-state index in [0.717, 1.165) is 27.6 Å². The number of nitrogens with zero attached hydrogens (tertiary/aromatic N) is 1. The molecule has 0 aliphatic heterocycles. The number of aryl methyl sites for hydroxylation is 1. The van der Waals surface area contributed by atoms with Gasteiger partial charge in [0.25, 0.3) is 5.56 Å². The van der Waals surface area contributed by atoms with Crippen molar-refractivity contribution < 1.29 is 9.53 Å². The molecule has 0 spiro atoms. The summed E-state index contributed by atoms with van der Waals surface area (Å²) < 4.78 is 6.73. The van der Waals surface area contributed by atoms with Gasteiger partial charge in [-0.1, -0.05) is 66.2 Å². The molecule has 1 aromatic heterocycles. The van der Waals surface area contributed by atoms with Crippen LogP contribution in [0.2, 0.25) is 0 Å². The first-order chi connectivity index (χ1) is 16.0. The first-order valence-electron chi connectivity index (χ1n) is 10.8. The van der Waals surface area contributed by atoms with Crippen molar-refractivity contribution in [1.82, 2.24) is 4.57 Å². The van der Waals surface area contributed by atoms with Gasteiger partial charge in [-0.25, -0.2) is 0 Å². The van der Waals surface area contributed by atoms with Crippen LogP contribution < -0.4 is 16.6 Å². The number of carbonyl (C=O) groups excluding carboxylic acids is 1. The maximum atomic E-state index is 13.3. The maximum Gasteiger partial charge on any atom is 0.260 e. The van der Waals surface area contributed by atoms with Crippen LogP contribution in [0.4, 0.5) is 11.5 Å². The van der Waals surface area contributed by atoms with Gasteiger partial charge >= 0.3 is 0 Å². The van der Waals surface area contributed by atoms with E-state index < -0.39 is 0 Å². The van der Waals surface area contributed by atoms with Gasteiger partial charge in [-0.05, 0) is 35.6 Å². The number of amides is 1. The largest absolute Gasteiger partial charge is 0.384 e. The molecule has 0 aliphatic carbocycles. The second kappa shape index (κ2) is 9.71. The summed E-state index contributed by atoms with van der Waals surface area (Å²) in [5, 5.41) is 4.16. The number of ether oxygens (including phenoxy) is 1. The van der Waals surface area contributed by atoms with Crippen LogP contribution >= 0.6 is 0 Å². The number of nitrogens with two attached hydrogens (primary N) is 1. The molecular weight excluding hydrogens is 414 g/mol. The fraction of sp³-hybridized carbons (Fsp3) is 0.185. The van der Waals surface area contributed by atoms with Crippen molar-refractivity contribution in [3.63, 3.8) is 0 Å². The summed E-state index contributed by atoms with van der Waals surface area (Å²) in [6.45, 7) is 2.71. The highest BCUT2D eigenvalue weighted by Gasteiger charge is 2.17. The number of hydrogen-bond donors (Lipinski definition) is 2. The van der Waals surface area contributed by atoms with Crippen LogP contribution in [0, 0.1) is 6.92 Å². The standard InChI is InChI=1S/C27H27N3O3/c1-18-7-6-10-20(15-18)25-22-12-11-21(29-24(31)16-19-8-4-3-5-9-19)17-23(22)27(32)30(26(25)28)13-14-33-2/h3-12,15,17H,13-14,16,28H2,1-2H3,(H,29,31). The SMILES string of the molecule is COCCn1c(N)c(-c2cccc(C)c2)c2ccc(NC(=O)Cc3ccccc3)cc2c1=O. The average molecular weight is 442 g/mol. The van der Waals surface area contributed by atoms with Gasteiger partial charge < -0.3 is 15.8 Å². The van der Waals surface area contributed by atoms with Gasteiger partial charge in [0.15, 0.2) is 0 Å². The molecule has 33 heavy (non-hydrogen) atoms. The monoisotopic (exact) mass is 441 g/mol. The second-order valence-corrected chi connectivity index (χ2v) is 8.05. The van der Waals surface area contributed by atoms with E-state index in [1.54, 1.807) is 17.7 Å². The molecule has 6 heteroatoms. The fourth-order valence-corrected chi connectivity index (χ4v) is 4.04. The van der Waals surface area contributed by atoms with E-state index in [-0.39, 0.29) is 17.9 Å². The third-order valence-corrected chi connectivity index (χ3v) is 5.63. The topological polar surface area (TPSA) is 86.3 Å². The molecule has 0 bridgehead atoms. The number of benzene rings is 3. The number of carbonyl (C=O) groups is 1. The summed E-state index contributed by atoms with van der Waals surface area (Å²) in [6.07, 6.45) is 0.257. The quantitative estimate of drug-likeness (QED) is 0.445. The van der Waals surface area contributed by atoms with E-state index in [9.17, 15) is 9.59 Å². The molecule has 1 amide bonds. The Bertz CT molecular complexity index is 1360. The van der Waals surface area contributed by atoms with Crippen molar-refractivity contribution in [1.29, 1.82) is 0 Å². The van der Waals surface area contributed by atoms with Crippen LogP contribution in [-0.4, -0.2) is 24.2 Å². The molecule has 6 nitrogen and oxygen atoms in total. The van der Waals surface area contributed by atoms with Crippen LogP contribution in [0.15, 0.2) is 77.6 Å². The highest BCUT2D eigenvalue weighted by molar-refractivity contribution is 6.03. The van der Waals surface area contributed by atoms with Crippen molar-refractivity contribution in [3.05, 3.63) is 94.3 Å². The van der Waals surface area contributed by atoms with Crippen molar-refractivity contribution in [2.75, 3.05) is 24.8 Å². The molecule has 3 N–H and O–H groups in total. The van der Waals surface area contributed by atoms with Crippen LogP contribution in [0.25, 0.3) is 21.9 Å². The zero-order chi connectivity index (χ0) is 23.4. The van der Waals surface area contributed by atoms with E-state index >= 15 is 0 Å². The summed E-state index contributed by atoms with van der Waals surface area (Å²) in [4.78, 5) is 25.9. The minimum absolute atomic E-state index is 0.144. The number of nitrogens with one attached hydrogen (secondary N) is 1. The fourth-order valence-electron chi connectivity index (χ4n) is 4.04. The summed E-state index contributed by atoms with van der Waals surface area (Å²) in [5.74, 6) is 0.255. The average Bonchev–Trinajstić information content (AvgIpc) is 2.80. The lowest BCUT2D eigenvalue weighted by Gasteiger charge is -2.18. The molecule has 0 atom stereocenters. The number of pyridine rings is 1. The minimum Gasteiger partial charge on any atom is -0.384 e. The third-order valence-electron chi connectivity index (χ3n) is 5.63. The number of hydrogen-bond acceptors (Lipinski definition) is 4.